The minimum atomic E-state index is -0.166. The molecular weight excluding hydrogens is 268 g/mol. The Kier molecular flexibility index (Phi) is 3.01. The zero-order valence-electron chi connectivity index (χ0n) is 12.0. The molecule has 2 aromatic carbocycles. The van der Waals surface area contributed by atoms with Crippen LogP contribution in [-0.4, -0.2) is 25.8 Å². The lowest BCUT2D eigenvalue weighted by Gasteiger charge is -2.19. The first-order valence-electron chi connectivity index (χ1n) is 6.53. The second kappa shape index (κ2) is 4.74. The fourth-order valence-electron chi connectivity index (χ4n) is 2.59. The summed E-state index contributed by atoms with van der Waals surface area (Å²) >= 11 is 0. The Morgan fingerprint density at radius 2 is 1.19 bits per heavy atom. The summed E-state index contributed by atoms with van der Waals surface area (Å²) in [6, 6.07) is 8.41. The van der Waals surface area contributed by atoms with E-state index >= 15 is 0 Å². The fraction of sp³-hybridized carbons (Fsp3) is 0.176. The molecule has 0 aromatic heterocycles. The Morgan fingerprint density at radius 1 is 0.714 bits per heavy atom. The Hall–Kier alpha value is -2.62. The van der Waals surface area contributed by atoms with Crippen molar-refractivity contribution in [1.82, 2.24) is 0 Å². The van der Waals surface area contributed by atoms with Gasteiger partial charge in [-0.25, -0.2) is 0 Å². The van der Waals surface area contributed by atoms with Crippen LogP contribution in [0, 0.1) is 6.92 Å². The van der Waals surface area contributed by atoms with Gasteiger partial charge in [-0.3, -0.25) is 9.59 Å². The summed E-state index contributed by atoms with van der Waals surface area (Å²) in [6.45, 7) is 1.89. The van der Waals surface area contributed by atoms with Crippen molar-refractivity contribution in [2.45, 2.75) is 6.92 Å². The van der Waals surface area contributed by atoms with E-state index in [0.29, 0.717) is 33.8 Å². The molecule has 1 aliphatic carbocycles. The molecule has 21 heavy (non-hydrogen) atoms. The number of rotatable bonds is 2. The maximum Gasteiger partial charge on any atom is 0.194 e. The first-order chi connectivity index (χ1) is 10.1. The maximum atomic E-state index is 12.6. The molecule has 106 valence electrons. The van der Waals surface area contributed by atoms with Crippen LogP contribution in [0.25, 0.3) is 0 Å². The second-order valence-electron chi connectivity index (χ2n) is 4.96. The number of aryl methyl sites for hydroxylation is 1. The molecule has 0 amide bonds. The standard InChI is InChI=1S/C17H14O4/c1-9-4-5-10-11(6-9)17(19)13-8-15(21-3)14(20-2)7-12(13)16(10)18/h4-8H,1-3H3. The number of carbonyl (C=O) groups excluding carboxylic acids is 2. The molecule has 1 aliphatic rings. The van der Waals surface area contributed by atoms with Crippen molar-refractivity contribution in [2.24, 2.45) is 0 Å². The molecule has 4 nitrogen and oxygen atoms in total. The van der Waals surface area contributed by atoms with Crippen LogP contribution in [0.5, 0.6) is 11.5 Å². The highest BCUT2D eigenvalue weighted by Crippen LogP contribution is 2.36. The Morgan fingerprint density at radius 3 is 1.71 bits per heavy atom. The molecule has 0 saturated heterocycles. The monoisotopic (exact) mass is 282 g/mol. The summed E-state index contributed by atoms with van der Waals surface area (Å²) in [5, 5.41) is 0. The molecular formula is C17H14O4. The molecule has 0 fully saturated rings. The second-order valence-corrected chi connectivity index (χ2v) is 4.96. The molecule has 0 heterocycles. The van der Waals surface area contributed by atoms with Gasteiger partial charge < -0.3 is 9.47 Å². The van der Waals surface area contributed by atoms with Crippen LogP contribution in [0.3, 0.4) is 0 Å². The normalized spacial score (nSPS) is 12.7. The zero-order valence-corrected chi connectivity index (χ0v) is 12.0. The molecule has 0 unspecified atom stereocenters. The van der Waals surface area contributed by atoms with Gasteiger partial charge in [0.1, 0.15) is 0 Å². The molecule has 3 rings (SSSR count). The third kappa shape index (κ3) is 1.91. The third-order valence-corrected chi connectivity index (χ3v) is 3.68. The Balaban J connectivity index is 2.27. The summed E-state index contributed by atoms with van der Waals surface area (Å²) in [4.78, 5) is 25.2. The third-order valence-electron chi connectivity index (χ3n) is 3.68. The van der Waals surface area contributed by atoms with Gasteiger partial charge in [0.15, 0.2) is 23.1 Å². The van der Waals surface area contributed by atoms with E-state index in [2.05, 4.69) is 0 Å². The Bertz CT molecular complexity index is 775. The van der Waals surface area contributed by atoms with Gasteiger partial charge >= 0.3 is 0 Å². The van der Waals surface area contributed by atoms with Crippen LogP contribution in [-0.2, 0) is 0 Å². The van der Waals surface area contributed by atoms with Gasteiger partial charge in [-0.15, -0.1) is 0 Å². The van der Waals surface area contributed by atoms with E-state index < -0.39 is 0 Å². The van der Waals surface area contributed by atoms with Crippen LogP contribution in [0.15, 0.2) is 30.3 Å². The number of ketones is 2. The number of fused-ring (bicyclic) bond motifs is 2. The van der Waals surface area contributed by atoms with Gasteiger partial charge in [0, 0.05) is 22.3 Å². The van der Waals surface area contributed by atoms with E-state index in [0.717, 1.165) is 5.56 Å². The minimum absolute atomic E-state index is 0.163. The summed E-state index contributed by atoms with van der Waals surface area (Å²) in [7, 11) is 2.99. The number of benzene rings is 2. The summed E-state index contributed by atoms with van der Waals surface area (Å²) in [5.41, 5.74) is 2.54. The van der Waals surface area contributed by atoms with Crippen molar-refractivity contribution >= 4 is 11.6 Å². The van der Waals surface area contributed by atoms with Crippen LogP contribution in [0.2, 0.25) is 0 Å². The summed E-state index contributed by atoms with van der Waals surface area (Å²) < 4.78 is 10.4. The molecule has 4 heteroatoms. The number of ether oxygens (including phenoxy) is 2. The van der Waals surface area contributed by atoms with E-state index in [1.54, 1.807) is 24.3 Å². The topological polar surface area (TPSA) is 52.6 Å². The molecule has 0 radical (unpaired) electrons. The van der Waals surface area contributed by atoms with Crippen molar-refractivity contribution in [3.63, 3.8) is 0 Å². The van der Waals surface area contributed by atoms with Crippen molar-refractivity contribution in [2.75, 3.05) is 14.2 Å². The predicted molar refractivity (Wildman–Crippen MR) is 77.6 cm³/mol. The van der Waals surface area contributed by atoms with Gasteiger partial charge in [0.25, 0.3) is 0 Å². The highest BCUT2D eigenvalue weighted by Gasteiger charge is 2.31. The quantitative estimate of drug-likeness (QED) is 0.725. The lowest BCUT2D eigenvalue weighted by molar-refractivity contribution is 0.0978. The summed E-state index contributed by atoms with van der Waals surface area (Å²) in [6.07, 6.45) is 0. The molecule has 0 bridgehead atoms. The zero-order chi connectivity index (χ0) is 15.1. The van der Waals surface area contributed by atoms with E-state index in [1.807, 2.05) is 13.0 Å². The number of hydrogen-bond acceptors (Lipinski definition) is 4. The van der Waals surface area contributed by atoms with Crippen molar-refractivity contribution in [1.29, 1.82) is 0 Å². The van der Waals surface area contributed by atoms with Crippen LogP contribution in [0.1, 0.15) is 37.4 Å². The predicted octanol–water partition coefficient (Wildman–Crippen LogP) is 2.79. The largest absolute Gasteiger partial charge is 0.493 e. The molecule has 0 spiro atoms. The van der Waals surface area contributed by atoms with E-state index in [9.17, 15) is 9.59 Å². The number of methoxy groups -OCH3 is 2. The average Bonchev–Trinajstić information content (AvgIpc) is 2.51. The molecule has 0 atom stereocenters. The lowest BCUT2D eigenvalue weighted by atomic mass is 9.83. The van der Waals surface area contributed by atoms with E-state index in [-0.39, 0.29) is 11.6 Å². The number of carbonyl (C=O) groups is 2. The van der Waals surface area contributed by atoms with Crippen LogP contribution < -0.4 is 9.47 Å². The Labute approximate surface area is 122 Å². The average molecular weight is 282 g/mol. The first kappa shape index (κ1) is 13.4. The highest BCUT2D eigenvalue weighted by molar-refractivity contribution is 6.28. The van der Waals surface area contributed by atoms with Crippen molar-refractivity contribution < 1.29 is 19.1 Å². The molecule has 0 aliphatic heterocycles. The van der Waals surface area contributed by atoms with Crippen molar-refractivity contribution in [3.8, 4) is 11.5 Å². The van der Waals surface area contributed by atoms with Gasteiger partial charge in [-0.05, 0) is 25.1 Å². The molecule has 2 aromatic rings. The van der Waals surface area contributed by atoms with Gasteiger partial charge in [-0.2, -0.15) is 0 Å². The van der Waals surface area contributed by atoms with Crippen LogP contribution >= 0.6 is 0 Å². The van der Waals surface area contributed by atoms with E-state index in [4.69, 9.17) is 9.47 Å². The van der Waals surface area contributed by atoms with Gasteiger partial charge in [0.2, 0.25) is 0 Å². The van der Waals surface area contributed by atoms with Gasteiger partial charge in [-0.1, -0.05) is 17.7 Å². The minimum Gasteiger partial charge on any atom is -0.493 e. The highest BCUT2D eigenvalue weighted by atomic mass is 16.5. The molecule has 0 saturated carbocycles. The van der Waals surface area contributed by atoms with Crippen molar-refractivity contribution in [3.05, 3.63) is 58.1 Å². The smallest absolute Gasteiger partial charge is 0.194 e. The number of hydrogen-bond donors (Lipinski definition) is 0. The lowest BCUT2D eigenvalue weighted by Crippen LogP contribution is -2.21. The first-order valence-corrected chi connectivity index (χ1v) is 6.53. The fourth-order valence-corrected chi connectivity index (χ4v) is 2.59. The maximum absolute atomic E-state index is 12.6. The van der Waals surface area contributed by atoms with E-state index in [1.165, 1.54) is 14.2 Å². The molecule has 0 N–H and O–H groups in total. The summed E-state index contributed by atoms with van der Waals surface area (Å²) in [5.74, 6) is 0.547. The van der Waals surface area contributed by atoms with Gasteiger partial charge in [0.05, 0.1) is 14.2 Å². The SMILES string of the molecule is COc1cc2c(cc1OC)C(=O)c1cc(C)ccc1C2=O. The van der Waals surface area contributed by atoms with Crippen LogP contribution in [0.4, 0.5) is 0 Å².